The number of ether oxygens (including phenoxy) is 2. The molecular formula is C14H20ClNO3. The van der Waals surface area contributed by atoms with Crippen molar-refractivity contribution >= 4 is 17.5 Å². The number of nitrogens with zero attached hydrogens (tertiary/aromatic N) is 1. The zero-order chi connectivity index (χ0) is 14.6. The second-order valence-corrected chi connectivity index (χ2v) is 5.15. The first-order valence-electron chi connectivity index (χ1n) is 5.93. The summed E-state index contributed by atoms with van der Waals surface area (Å²) in [6, 6.07) is 5.10. The molecule has 0 N–H and O–H groups in total. The molecule has 0 aliphatic heterocycles. The van der Waals surface area contributed by atoms with Crippen LogP contribution in [0.25, 0.3) is 0 Å². The van der Waals surface area contributed by atoms with Gasteiger partial charge in [0.15, 0.2) is 11.5 Å². The van der Waals surface area contributed by atoms with Crippen molar-refractivity contribution in [2.45, 2.75) is 19.4 Å². The lowest BCUT2D eigenvalue weighted by molar-refractivity contribution is 0.0660. The number of methoxy groups -OCH3 is 2. The number of alkyl halides is 1. The Morgan fingerprint density at radius 1 is 1.26 bits per heavy atom. The van der Waals surface area contributed by atoms with E-state index < -0.39 is 5.54 Å². The van der Waals surface area contributed by atoms with E-state index in [9.17, 15) is 4.79 Å². The molecule has 1 aromatic carbocycles. The van der Waals surface area contributed by atoms with E-state index in [-0.39, 0.29) is 5.91 Å². The molecule has 1 aromatic rings. The van der Waals surface area contributed by atoms with E-state index in [0.717, 1.165) is 0 Å². The van der Waals surface area contributed by atoms with E-state index in [1.165, 1.54) is 0 Å². The number of carbonyl (C=O) groups is 1. The van der Waals surface area contributed by atoms with E-state index in [2.05, 4.69) is 0 Å². The minimum absolute atomic E-state index is 0.105. The molecule has 19 heavy (non-hydrogen) atoms. The van der Waals surface area contributed by atoms with Gasteiger partial charge < -0.3 is 14.4 Å². The molecular weight excluding hydrogens is 266 g/mol. The lowest BCUT2D eigenvalue weighted by Crippen LogP contribution is -2.46. The van der Waals surface area contributed by atoms with Crippen LogP contribution in [0.1, 0.15) is 24.2 Å². The van der Waals surface area contributed by atoms with Crippen molar-refractivity contribution in [1.82, 2.24) is 4.90 Å². The predicted octanol–water partition coefficient (Wildman–Crippen LogP) is 2.79. The van der Waals surface area contributed by atoms with Crippen LogP contribution in [-0.2, 0) is 0 Å². The Morgan fingerprint density at radius 2 is 1.84 bits per heavy atom. The molecule has 106 valence electrons. The SMILES string of the molecule is COc1ccc(C(=O)N(C)C(C)(C)CCl)cc1OC. The maximum Gasteiger partial charge on any atom is 0.254 e. The third kappa shape index (κ3) is 3.32. The lowest BCUT2D eigenvalue weighted by atomic mass is 10.0. The zero-order valence-electron chi connectivity index (χ0n) is 12.0. The second kappa shape index (κ2) is 6.15. The fourth-order valence-electron chi connectivity index (χ4n) is 1.53. The molecule has 0 bridgehead atoms. The van der Waals surface area contributed by atoms with Crippen LogP contribution in [0.3, 0.4) is 0 Å². The van der Waals surface area contributed by atoms with E-state index >= 15 is 0 Å². The summed E-state index contributed by atoms with van der Waals surface area (Å²) in [5.41, 5.74) is 0.129. The summed E-state index contributed by atoms with van der Waals surface area (Å²) in [6.07, 6.45) is 0. The summed E-state index contributed by atoms with van der Waals surface area (Å²) < 4.78 is 10.3. The lowest BCUT2D eigenvalue weighted by Gasteiger charge is -2.34. The van der Waals surface area contributed by atoms with Crippen LogP contribution in [0.4, 0.5) is 0 Å². The highest BCUT2D eigenvalue weighted by molar-refractivity contribution is 6.18. The van der Waals surface area contributed by atoms with Crippen molar-refractivity contribution in [3.05, 3.63) is 23.8 Å². The number of hydrogen-bond acceptors (Lipinski definition) is 3. The highest BCUT2D eigenvalue weighted by atomic mass is 35.5. The Bertz CT molecular complexity index is 460. The average molecular weight is 286 g/mol. The first kappa shape index (κ1) is 15.6. The topological polar surface area (TPSA) is 38.8 Å². The number of halogens is 1. The van der Waals surface area contributed by atoms with E-state index in [4.69, 9.17) is 21.1 Å². The molecule has 0 saturated carbocycles. The van der Waals surface area contributed by atoms with Crippen molar-refractivity contribution in [1.29, 1.82) is 0 Å². The van der Waals surface area contributed by atoms with Crippen LogP contribution in [0, 0.1) is 0 Å². The Kier molecular flexibility index (Phi) is 5.06. The fourth-order valence-corrected chi connectivity index (χ4v) is 1.71. The number of rotatable bonds is 5. The van der Waals surface area contributed by atoms with Gasteiger partial charge in [0.1, 0.15) is 0 Å². The highest BCUT2D eigenvalue weighted by Gasteiger charge is 2.27. The molecule has 0 heterocycles. The van der Waals surface area contributed by atoms with Gasteiger partial charge in [0.05, 0.1) is 19.8 Å². The van der Waals surface area contributed by atoms with Crippen molar-refractivity contribution in [2.75, 3.05) is 27.1 Å². The van der Waals surface area contributed by atoms with Crippen LogP contribution in [0.2, 0.25) is 0 Å². The Balaban J connectivity index is 3.07. The summed E-state index contributed by atoms with van der Waals surface area (Å²) in [5, 5.41) is 0. The Morgan fingerprint density at radius 3 is 2.32 bits per heavy atom. The molecule has 0 aromatic heterocycles. The van der Waals surface area contributed by atoms with Crippen molar-refractivity contribution < 1.29 is 14.3 Å². The summed E-state index contributed by atoms with van der Waals surface area (Å²) in [5.74, 6) is 1.39. The molecule has 0 aliphatic rings. The smallest absolute Gasteiger partial charge is 0.254 e. The van der Waals surface area contributed by atoms with Crippen LogP contribution >= 0.6 is 11.6 Å². The van der Waals surface area contributed by atoms with Gasteiger partial charge in [0.2, 0.25) is 0 Å². The van der Waals surface area contributed by atoms with Crippen LogP contribution in [0.5, 0.6) is 11.5 Å². The summed E-state index contributed by atoms with van der Waals surface area (Å²) in [4.78, 5) is 14.0. The largest absolute Gasteiger partial charge is 0.493 e. The monoisotopic (exact) mass is 285 g/mol. The fraction of sp³-hybridized carbons (Fsp3) is 0.500. The number of benzene rings is 1. The normalized spacial score (nSPS) is 11.1. The van der Waals surface area contributed by atoms with Gasteiger partial charge >= 0.3 is 0 Å². The molecule has 5 heteroatoms. The predicted molar refractivity (Wildman–Crippen MR) is 76.4 cm³/mol. The summed E-state index contributed by atoms with van der Waals surface area (Å²) in [6.45, 7) is 3.83. The van der Waals surface area contributed by atoms with Gasteiger partial charge in [-0.25, -0.2) is 0 Å². The van der Waals surface area contributed by atoms with E-state index in [1.54, 1.807) is 44.4 Å². The molecule has 0 fully saturated rings. The van der Waals surface area contributed by atoms with E-state index in [0.29, 0.717) is 22.9 Å². The number of hydrogen-bond donors (Lipinski definition) is 0. The van der Waals surface area contributed by atoms with Gasteiger partial charge in [-0.3, -0.25) is 4.79 Å². The Hall–Kier alpha value is -1.42. The van der Waals surface area contributed by atoms with Crippen molar-refractivity contribution in [3.63, 3.8) is 0 Å². The molecule has 4 nitrogen and oxygen atoms in total. The number of carbonyl (C=O) groups excluding carboxylic acids is 1. The zero-order valence-corrected chi connectivity index (χ0v) is 12.7. The van der Waals surface area contributed by atoms with Crippen molar-refractivity contribution in [2.24, 2.45) is 0 Å². The van der Waals surface area contributed by atoms with Gasteiger partial charge in [0.25, 0.3) is 5.91 Å². The minimum atomic E-state index is -0.411. The van der Waals surface area contributed by atoms with Gasteiger partial charge in [-0.1, -0.05) is 0 Å². The standard InChI is InChI=1S/C14H20ClNO3/c1-14(2,9-15)16(3)13(17)10-6-7-11(18-4)12(8-10)19-5/h6-8H,9H2,1-5H3. The highest BCUT2D eigenvalue weighted by Crippen LogP contribution is 2.28. The molecule has 1 rings (SSSR count). The quantitative estimate of drug-likeness (QED) is 0.781. The third-order valence-corrected chi connectivity index (χ3v) is 3.82. The molecule has 0 saturated heterocycles. The third-order valence-electron chi connectivity index (χ3n) is 3.17. The van der Waals surface area contributed by atoms with Crippen molar-refractivity contribution in [3.8, 4) is 11.5 Å². The van der Waals surface area contributed by atoms with Gasteiger partial charge in [-0.05, 0) is 32.0 Å². The van der Waals surface area contributed by atoms with Crippen LogP contribution in [0.15, 0.2) is 18.2 Å². The maximum atomic E-state index is 12.4. The van der Waals surface area contributed by atoms with Crippen LogP contribution in [-0.4, -0.2) is 43.5 Å². The molecule has 0 radical (unpaired) electrons. The summed E-state index contributed by atoms with van der Waals surface area (Å²) in [7, 11) is 4.84. The molecule has 0 aliphatic carbocycles. The van der Waals surface area contributed by atoms with Gasteiger partial charge in [-0.2, -0.15) is 0 Å². The molecule has 0 spiro atoms. The van der Waals surface area contributed by atoms with Gasteiger partial charge in [0, 0.05) is 18.5 Å². The Labute approximate surface area is 119 Å². The average Bonchev–Trinajstić information content (AvgIpc) is 2.44. The van der Waals surface area contributed by atoms with E-state index in [1.807, 2.05) is 13.8 Å². The molecule has 0 atom stereocenters. The second-order valence-electron chi connectivity index (χ2n) is 4.88. The first-order chi connectivity index (χ1) is 8.87. The minimum Gasteiger partial charge on any atom is -0.493 e. The molecule has 0 unspecified atom stereocenters. The number of amides is 1. The maximum absolute atomic E-state index is 12.4. The summed E-state index contributed by atoms with van der Waals surface area (Å²) >= 11 is 5.89. The first-order valence-corrected chi connectivity index (χ1v) is 6.47. The molecule has 1 amide bonds. The van der Waals surface area contributed by atoms with Gasteiger partial charge in [-0.15, -0.1) is 11.6 Å². The van der Waals surface area contributed by atoms with Crippen LogP contribution < -0.4 is 9.47 Å².